The molecule has 0 spiro atoms. The van der Waals surface area contributed by atoms with Crippen LogP contribution >= 0.6 is 0 Å². The van der Waals surface area contributed by atoms with Gasteiger partial charge in [-0.2, -0.15) is 0 Å². The van der Waals surface area contributed by atoms with E-state index in [4.69, 9.17) is 4.74 Å². The predicted octanol–water partition coefficient (Wildman–Crippen LogP) is 2.07. The van der Waals surface area contributed by atoms with E-state index in [0.717, 1.165) is 24.2 Å². The fourth-order valence-electron chi connectivity index (χ4n) is 1.91. The lowest BCUT2D eigenvalue weighted by molar-refractivity contribution is -0.143. The predicted molar refractivity (Wildman–Crippen MR) is 73.7 cm³/mol. The number of aryl methyl sites for hydroxylation is 1. The maximum atomic E-state index is 11.2. The summed E-state index contributed by atoms with van der Waals surface area (Å²) in [5.74, 6) is 0.606. The summed E-state index contributed by atoms with van der Waals surface area (Å²) in [5, 5.41) is 11.7. The van der Waals surface area contributed by atoms with Crippen molar-refractivity contribution in [3.05, 3.63) is 30.3 Å². The number of ether oxygens (including phenoxy) is 1. The molecule has 1 aromatic heterocycles. The van der Waals surface area contributed by atoms with E-state index in [-0.39, 0.29) is 5.97 Å². The number of aromatic nitrogens is 4. The van der Waals surface area contributed by atoms with Crippen LogP contribution in [0.15, 0.2) is 30.3 Å². The molecule has 0 aliphatic carbocycles. The van der Waals surface area contributed by atoms with Crippen molar-refractivity contribution in [3.8, 4) is 11.4 Å². The molecular formula is C14H18N4O2. The standard InChI is InChI=1S/C14H18N4O2/c1-2-20-13(19)10-6-7-11-18-14(15-16-17-18)12-8-4-3-5-9-12/h3-5,8-9H,2,6-7,10-11H2,1H3. The Balaban J connectivity index is 1.86. The van der Waals surface area contributed by atoms with Crippen LogP contribution in [-0.2, 0) is 16.1 Å². The molecule has 0 atom stereocenters. The Morgan fingerprint density at radius 1 is 1.25 bits per heavy atom. The lowest BCUT2D eigenvalue weighted by Gasteiger charge is -2.04. The lowest BCUT2D eigenvalue weighted by atomic mass is 10.2. The van der Waals surface area contributed by atoms with E-state index in [1.165, 1.54) is 0 Å². The molecule has 2 rings (SSSR count). The molecule has 6 heteroatoms. The van der Waals surface area contributed by atoms with Crippen molar-refractivity contribution in [1.82, 2.24) is 20.2 Å². The summed E-state index contributed by atoms with van der Waals surface area (Å²) in [4.78, 5) is 11.2. The molecule has 0 aliphatic rings. The Hall–Kier alpha value is -2.24. The number of hydrogen-bond donors (Lipinski definition) is 0. The van der Waals surface area contributed by atoms with E-state index >= 15 is 0 Å². The van der Waals surface area contributed by atoms with Gasteiger partial charge >= 0.3 is 5.97 Å². The van der Waals surface area contributed by atoms with Gasteiger partial charge in [0.2, 0.25) is 0 Å². The summed E-state index contributed by atoms with van der Waals surface area (Å²) in [5.41, 5.74) is 0.989. The van der Waals surface area contributed by atoms with Gasteiger partial charge < -0.3 is 4.74 Å². The van der Waals surface area contributed by atoms with E-state index in [2.05, 4.69) is 15.5 Å². The monoisotopic (exact) mass is 274 g/mol. The summed E-state index contributed by atoms with van der Waals surface area (Å²) in [6.45, 7) is 2.94. The van der Waals surface area contributed by atoms with Gasteiger partial charge in [0.05, 0.1) is 6.61 Å². The molecule has 0 saturated heterocycles. The Labute approximate surface area is 117 Å². The van der Waals surface area contributed by atoms with Crippen LogP contribution < -0.4 is 0 Å². The summed E-state index contributed by atoms with van der Waals surface area (Å²) in [6, 6.07) is 9.81. The third-order valence-corrected chi connectivity index (χ3v) is 2.87. The molecular weight excluding hydrogens is 256 g/mol. The van der Waals surface area contributed by atoms with E-state index in [1.54, 1.807) is 4.68 Å². The molecule has 1 aromatic carbocycles. The zero-order valence-corrected chi connectivity index (χ0v) is 11.5. The fraction of sp³-hybridized carbons (Fsp3) is 0.429. The van der Waals surface area contributed by atoms with Gasteiger partial charge in [-0.25, -0.2) is 4.68 Å². The minimum Gasteiger partial charge on any atom is -0.466 e. The Bertz CT molecular complexity index is 539. The first-order valence-electron chi connectivity index (χ1n) is 6.78. The quantitative estimate of drug-likeness (QED) is 0.571. The number of carbonyl (C=O) groups is 1. The molecule has 0 aliphatic heterocycles. The maximum absolute atomic E-state index is 11.2. The van der Waals surface area contributed by atoms with Gasteiger partial charge in [0.15, 0.2) is 5.82 Å². The minimum absolute atomic E-state index is 0.146. The zero-order valence-electron chi connectivity index (χ0n) is 11.5. The Morgan fingerprint density at radius 2 is 2.05 bits per heavy atom. The smallest absolute Gasteiger partial charge is 0.305 e. The van der Waals surface area contributed by atoms with Crippen molar-refractivity contribution in [3.63, 3.8) is 0 Å². The molecule has 6 nitrogen and oxygen atoms in total. The van der Waals surface area contributed by atoms with Crippen LogP contribution in [0.1, 0.15) is 26.2 Å². The van der Waals surface area contributed by atoms with Crippen molar-refractivity contribution in [1.29, 1.82) is 0 Å². The normalized spacial score (nSPS) is 10.4. The van der Waals surface area contributed by atoms with Crippen LogP contribution in [-0.4, -0.2) is 32.8 Å². The first-order chi connectivity index (χ1) is 9.81. The van der Waals surface area contributed by atoms with Crippen molar-refractivity contribution in [2.75, 3.05) is 6.61 Å². The Kier molecular flexibility index (Phi) is 5.23. The number of tetrazole rings is 1. The number of hydrogen-bond acceptors (Lipinski definition) is 5. The van der Waals surface area contributed by atoms with Crippen LogP contribution in [0.4, 0.5) is 0 Å². The first kappa shape index (κ1) is 14.2. The second-order valence-electron chi connectivity index (χ2n) is 4.35. The van der Waals surface area contributed by atoms with Crippen molar-refractivity contribution < 1.29 is 9.53 Å². The summed E-state index contributed by atoms with van der Waals surface area (Å²) in [6.07, 6.45) is 2.05. The zero-order chi connectivity index (χ0) is 14.2. The van der Waals surface area contributed by atoms with Gasteiger partial charge in [0.1, 0.15) is 0 Å². The highest BCUT2D eigenvalue weighted by Crippen LogP contribution is 2.15. The van der Waals surface area contributed by atoms with Crippen molar-refractivity contribution in [2.45, 2.75) is 32.7 Å². The van der Waals surface area contributed by atoms with Crippen molar-refractivity contribution in [2.24, 2.45) is 0 Å². The van der Waals surface area contributed by atoms with Crippen LogP contribution in [0.25, 0.3) is 11.4 Å². The molecule has 0 radical (unpaired) electrons. The summed E-state index contributed by atoms with van der Waals surface area (Å²) < 4.78 is 6.65. The average Bonchev–Trinajstić information content (AvgIpc) is 2.93. The highest BCUT2D eigenvalue weighted by atomic mass is 16.5. The number of rotatable bonds is 7. The van der Waals surface area contributed by atoms with Crippen LogP contribution in [0.2, 0.25) is 0 Å². The second-order valence-corrected chi connectivity index (χ2v) is 4.35. The minimum atomic E-state index is -0.146. The van der Waals surface area contributed by atoms with Gasteiger partial charge in [-0.3, -0.25) is 4.79 Å². The molecule has 0 fully saturated rings. The van der Waals surface area contributed by atoms with Gasteiger partial charge in [0.25, 0.3) is 0 Å². The lowest BCUT2D eigenvalue weighted by Crippen LogP contribution is -2.06. The van der Waals surface area contributed by atoms with Gasteiger partial charge in [-0.05, 0) is 30.2 Å². The Morgan fingerprint density at radius 3 is 2.80 bits per heavy atom. The van der Waals surface area contributed by atoms with Gasteiger partial charge in [-0.15, -0.1) is 5.10 Å². The summed E-state index contributed by atoms with van der Waals surface area (Å²) >= 11 is 0. The van der Waals surface area contributed by atoms with Crippen molar-refractivity contribution >= 4 is 5.97 Å². The molecule has 0 unspecified atom stereocenters. The number of benzene rings is 1. The van der Waals surface area contributed by atoms with Crippen LogP contribution in [0.3, 0.4) is 0 Å². The molecule has 0 bridgehead atoms. The number of unbranched alkanes of at least 4 members (excludes halogenated alkanes) is 1. The molecule has 20 heavy (non-hydrogen) atoms. The summed E-state index contributed by atoms with van der Waals surface area (Å²) in [7, 11) is 0. The first-order valence-corrected chi connectivity index (χ1v) is 6.78. The molecule has 106 valence electrons. The average molecular weight is 274 g/mol. The van der Waals surface area contributed by atoms with E-state index < -0.39 is 0 Å². The highest BCUT2D eigenvalue weighted by Gasteiger charge is 2.08. The molecule has 1 heterocycles. The van der Waals surface area contributed by atoms with Crippen LogP contribution in [0.5, 0.6) is 0 Å². The third kappa shape index (κ3) is 3.88. The van der Waals surface area contributed by atoms with Crippen LogP contribution in [0, 0.1) is 0 Å². The molecule has 2 aromatic rings. The van der Waals surface area contributed by atoms with E-state index in [1.807, 2.05) is 37.3 Å². The fourth-order valence-corrected chi connectivity index (χ4v) is 1.91. The van der Waals surface area contributed by atoms with E-state index in [9.17, 15) is 4.79 Å². The largest absolute Gasteiger partial charge is 0.466 e. The number of carbonyl (C=O) groups excluding carboxylic acids is 1. The molecule has 0 saturated carbocycles. The maximum Gasteiger partial charge on any atom is 0.305 e. The third-order valence-electron chi connectivity index (χ3n) is 2.87. The molecule has 0 N–H and O–H groups in total. The topological polar surface area (TPSA) is 69.9 Å². The van der Waals surface area contributed by atoms with Gasteiger partial charge in [0, 0.05) is 18.5 Å². The SMILES string of the molecule is CCOC(=O)CCCCn1nnnc1-c1ccccc1. The van der Waals surface area contributed by atoms with Gasteiger partial charge in [-0.1, -0.05) is 30.3 Å². The molecule has 0 amide bonds. The van der Waals surface area contributed by atoms with E-state index in [0.29, 0.717) is 19.6 Å². The highest BCUT2D eigenvalue weighted by molar-refractivity contribution is 5.69. The number of esters is 1. The number of nitrogens with zero attached hydrogens (tertiary/aromatic N) is 4. The second kappa shape index (κ2) is 7.37.